The summed E-state index contributed by atoms with van der Waals surface area (Å²) in [6.45, 7) is 2.20. The zero-order valence-electron chi connectivity index (χ0n) is 11.7. The van der Waals surface area contributed by atoms with E-state index >= 15 is 0 Å². The number of nitrogens with two attached hydrogens (primary N) is 1. The molecule has 106 valence electrons. The van der Waals surface area contributed by atoms with Crippen molar-refractivity contribution in [3.63, 3.8) is 0 Å². The fourth-order valence-electron chi connectivity index (χ4n) is 3.10. The molecule has 1 aromatic carbocycles. The van der Waals surface area contributed by atoms with Gasteiger partial charge in [-0.1, -0.05) is 12.1 Å². The summed E-state index contributed by atoms with van der Waals surface area (Å²) >= 11 is 0. The maximum atomic E-state index is 11.0. The Bertz CT molecular complexity index is 626. The normalized spacial score (nSPS) is 17.6. The number of aromatic nitrogens is 2. The Hall–Kier alpha value is -1.88. The topological polar surface area (TPSA) is 64.2 Å². The van der Waals surface area contributed by atoms with E-state index < -0.39 is 0 Å². The lowest BCUT2D eigenvalue weighted by molar-refractivity contribution is -0.119. The molecule has 2 N–H and O–H groups in total. The zero-order valence-corrected chi connectivity index (χ0v) is 11.7. The van der Waals surface area contributed by atoms with Crippen molar-refractivity contribution < 1.29 is 4.79 Å². The second-order valence-electron chi connectivity index (χ2n) is 5.53. The molecular formula is C15H20N4O. The average Bonchev–Trinajstić information content (AvgIpc) is 2.77. The van der Waals surface area contributed by atoms with Crippen LogP contribution in [0.5, 0.6) is 0 Å². The smallest absolute Gasteiger partial charge is 0.231 e. The summed E-state index contributed by atoms with van der Waals surface area (Å²) < 4.78 is 2.20. The molecule has 0 atom stereocenters. The predicted octanol–water partition coefficient (Wildman–Crippen LogP) is 1.24. The molecule has 1 saturated heterocycles. The van der Waals surface area contributed by atoms with Gasteiger partial charge in [0.05, 0.1) is 17.6 Å². The molecule has 1 aliphatic rings. The van der Waals surface area contributed by atoms with E-state index in [9.17, 15) is 4.79 Å². The van der Waals surface area contributed by atoms with Gasteiger partial charge >= 0.3 is 0 Å². The summed E-state index contributed by atoms with van der Waals surface area (Å²) in [7, 11) is 2.08. The van der Waals surface area contributed by atoms with Crippen molar-refractivity contribution in [2.75, 3.05) is 19.6 Å². The average molecular weight is 272 g/mol. The van der Waals surface area contributed by atoms with Crippen LogP contribution in [0.4, 0.5) is 0 Å². The monoisotopic (exact) mass is 272 g/mol. The molecule has 1 aliphatic heterocycles. The van der Waals surface area contributed by atoms with E-state index in [0.717, 1.165) is 37.3 Å². The third kappa shape index (κ3) is 2.41. The van der Waals surface area contributed by atoms with Crippen molar-refractivity contribution in [3.05, 3.63) is 30.1 Å². The largest absolute Gasteiger partial charge is 0.369 e. The summed E-state index contributed by atoms with van der Waals surface area (Å²) in [6, 6.07) is 8.23. The fourth-order valence-corrected chi connectivity index (χ4v) is 3.10. The van der Waals surface area contributed by atoms with Gasteiger partial charge in [0.2, 0.25) is 5.91 Å². The Morgan fingerprint density at radius 1 is 1.35 bits per heavy atom. The highest BCUT2D eigenvalue weighted by Gasteiger charge is 2.25. The van der Waals surface area contributed by atoms with Crippen LogP contribution in [0.2, 0.25) is 0 Å². The van der Waals surface area contributed by atoms with Crippen molar-refractivity contribution in [1.29, 1.82) is 0 Å². The van der Waals surface area contributed by atoms with Gasteiger partial charge in [0.1, 0.15) is 5.82 Å². The van der Waals surface area contributed by atoms with Crippen molar-refractivity contribution in [1.82, 2.24) is 14.5 Å². The lowest BCUT2D eigenvalue weighted by Crippen LogP contribution is -2.39. The number of para-hydroxylation sites is 2. The molecule has 0 saturated carbocycles. The molecule has 1 amide bonds. The van der Waals surface area contributed by atoms with Gasteiger partial charge in [-0.25, -0.2) is 4.98 Å². The van der Waals surface area contributed by atoms with Crippen LogP contribution in [-0.2, 0) is 11.8 Å². The predicted molar refractivity (Wildman–Crippen MR) is 78.3 cm³/mol. The molecular weight excluding hydrogens is 252 g/mol. The number of carbonyl (C=O) groups is 1. The lowest BCUT2D eigenvalue weighted by atomic mass is 9.96. The minimum atomic E-state index is -0.244. The maximum absolute atomic E-state index is 11.0. The molecule has 20 heavy (non-hydrogen) atoms. The lowest BCUT2D eigenvalue weighted by Gasteiger charge is -2.30. The summed E-state index contributed by atoms with van der Waals surface area (Å²) in [5, 5.41) is 0. The highest BCUT2D eigenvalue weighted by molar-refractivity contribution is 5.76. The summed E-state index contributed by atoms with van der Waals surface area (Å²) in [4.78, 5) is 17.9. The van der Waals surface area contributed by atoms with Crippen LogP contribution in [0.25, 0.3) is 11.0 Å². The van der Waals surface area contributed by atoms with Crippen LogP contribution in [0.1, 0.15) is 24.6 Å². The molecule has 2 heterocycles. The number of benzene rings is 1. The molecule has 0 bridgehead atoms. The molecule has 5 heteroatoms. The molecule has 0 radical (unpaired) electrons. The molecule has 0 unspecified atom stereocenters. The van der Waals surface area contributed by atoms with Crippen LogP contribution in [0.3, 0.4) is 0 Å². The first-order valence-corrected chi connectivity index (χ1v) is 7.07. The third-order valence-electron chi connectivity index (χ3n) is 4.15. The number of nitrogens with zero attached hydrogens (tertiary/aromatic N) is 3. The molecule has 5 nitrogen and oxygen atoms in total. The van der Waals surface area contributed by atoms with Crippen molar-refractivity contribution in [3.8, 4) is 0 Å². The van der Waals surface area contributed by atoms with E-state index in [2.05, 4.69) is 28.6 Å². The molecule has 3 rings (SSSR count). The zero-order chi connectivity index (χ0) is 14.1. The fraction of sp³-hybridized carbons (Fsp3) is 0.467. The standard InChI is InChI=1S/C15H20N4O/c1-18-13-5-3-2-4-12(13)17-15(18)11-6-8-19(9-7-11)10-14(16)20/h2-5,11H,6-10H2,1H3,(H2,16,20). The van der Waals surface area contributed by atoms with Crippen LogP contribution >= 0.6 is 0 Å². The number of carbonyl (C=O) groups excluding carboxylic acids is 1. The van der Waals surface area contributed by atoms with Crippen LogP contribution in [0, 0.1) is 0 Å². The van der Waals surface area contributed by atoms with E-state index in [1.807, 2.05) is 12.1 Å². The Morgan fingerprint density at radius 3 is 2.70 bits per heavy atom. The summed E-state index contributed by atoms with van der Waals surface area (Å²) in [6.07, 6.45) is 2.06. The Morgan fingerprint density at radius 2 is 2.05 bits per heavy atom. The van der Waals surface area contributed by atoms with E-state index in [1.165, 1.54) is 5.52 Å². The van der Waals surface area contributed by atoms with Crippen LogP contribution < -0.4 is 5.73 Å². The summed E-state index contributed by atoms with van der Waals surface area (Å²) in [5.41, 5.74) is 7.49. The van der Waals surface area contributed by atoms with E-state index in [-0.39, 0.29) is 5.91 Å². The number of imidazole rings is 1. The molecule has 0 spiro atoms. The van der Waals surface area contributed by atoms with Gasteiger partial charge in [-0.3, -0.25) is 9.69 Å². The number of likely N-dealkylation sites (tertiary alicyclic amines) is 1. The van der Waals surface area contributed by atoms with Gasteiger partial charge in [0.25, 0.3) is 0 Å². The van der Waals surface area contributed by atoms with Gasteiger partial charge in [-0.2, -0.15) is 0 Å². The Balaban J connectivity index is 1.76. The van der Waals surface area contributed by atoms with Gasteiger partial charge in [0.15, 0.2) is 0 Å². The number of hydrogen-bond donors (Lipinski definition) is 1. The second kappa shape index (κ2) is 5.25. The SMILES string of the molecule is Cn1c(C2CCN(CC(N)=O)CC2)nc2ccccc21. The number of primary amides is 1. The Kier molecular flexibility index (Phi) is 3.44. The highest BCUT2D eigenvalue weighted by atomic mass is 16.1. The molecule has 1 aromatic heterocycles. The first-order chi connectivity index (χ1) is 9.65. The van der Waals surface area contributed by atoms with Gasteiger partial charge in [-0.15, -0.1) is 0 Å². The van der Waals surface area contributed by atoms with E-state index in [0.29, 0.717) is 12.5 Å². The highest BCUT2D eigenvalue weighted by Crippen LogP contribution is 2.29. The van der Waals surface area contributed by atoms with E-state index in [1.54, 1.807) is 0 Å². The first kappa shape index (κ1) is 13.1. The van der Waals surface area contributed by atoms with E-state index in [4.69, 9.17) is 10.7 Å². The van der Waals surface area contributed by atoms with Crippen LogP contribution in [0.15, 0.2) is 24.3 Å². The summed E-state index contributed by atoms with van der Waals surface area (Å²) in [5.74, 6) is 1.38. The maximum Gasteiger partial charge on any atom is 0.231 e. The number of amides is 1. The number of piperidine rings is 1. The number of hydrogen-bond acceptors (Lipinski definition) is 3. The van der Waals surface area contributed by atoms with Gasteiger partial charge < -0.3 is 10.3 Å². The minimum absolute atomic E-state index is 0.244. The van der Waals surface area contributed by atoms with Gasteiger partial charge in [-0.05, 0) is 38.1 Å². The first-order valence-electron chi connectivity index (χ1n) is 7.07. The molecule has 2 aromatic rings. The second-order valence-corrected chi connectivity index (χ2v) is 5.53. The number of fused-ring (bicyclic) bond motifs is 1. The number of rotatable bonds is 3. The minimum Gasteiger partial charge on any atom is -0.369 e. The third-order valence-corrected chi connectivity index (χ3v) is 4.15. The molecule has 0 aliphatic carbocycles. The Labute approximate surface area is 118 Å². The quantitative estimate of drug-likeness (QED) is 0.914. The van der Waals surface area contributed by atoms with Crippen molar-refractivity contribution in [2.45, 2.75) is 18.8 Å². The van der Waals surface area contributed by atoms with Gasteiger partial charge in [0, 0.05) is 13.0 Å². The molecule has 1 fully saturated rings. The van der Waals surface area contributed by atoms with Crippen molar-refractivity contribution >= 4 is 16.9 Å². The van der Waals surface area contributed by atoms with Crippen molar-refractivity contribution in [2.24, 2.45) is 12.8 Å². The number of aryl methyl sites for hydroxylation is 1. The van der Waals surface area contributed by atoms with Crippen LogP contribution in [-0.4, -0.2) is 40.0 Å².